The first-order chi connectivity index (χ1) is 10.6. The quantitative estimate of drug-likeness (QED) is 0.663. The number of imidazole rings is 1. The molecule has 0 atom stereocenters. The van der Waals surface area contributed by atoms with E-state index < -0.39 is 5.97 Å². The zero-order chi connectivity index (χ0) is 15.7. The molecule has 0 bridgehead atoms. The summed E-state index contributed by atoms with van der Waals surface area (Å²) in [6.45, 7) is 2.04. The number of ether oxygens (including phenoxy) is 1. The Morgan fingerprint density at radius 3 is 2.86 bits per heavy atom. The van der Waals surface area contributed by atoms with Gasteiger partial charge >= 0.3 is 5.97 Å². The van der Waals surface area contributed by atoms with Crippen LogP contribution in [0.1, 0.15) is 17.4 Å². The number of fused-ring (bicyclic) bond motifs is 1. The number of hydrogen-bond donors (Lipinski definition) is 0. The maximum absolute atomic E-state index is 12.4. The van der Waals surface area contributed by atoms with Gasteiger partial charge in [0.15, 0.2) is 5.69 Å². The predicted molar refractivity (Wildman–Crippen MR) is 86.6 cm³/mol. The molecule has 0 aliphatic heterocycles. The van der Waals surface area contributed by atoms with Crippen LogP contribution in [0.25, 0.3) is 16.9 Å². The van der Waals surface area contributed by atoms with E-state index in [2.05, 4.69) is 4.98 Å². The average molecular weight is 335 g/mol. The van der Waals surface area contributed by atoms with Crippen LogP contribution in [0, 0.1) is 0 Å². The Labute approximate surface area is 137 Å². The van der Waals surface area contributed by atoms with E-state index in [1.54, 1.807) is 35.7 Å². The summed E-state index contributed by atoms with van der Waals surface area (Å²) in [5.74, 6) is -0.452. The Bertz CT molecular complexity index is 858. The highest BCUT2D eigenvalue weighted by molar-refractivity contribution is 6.35. The van der Waals surface area contributed by atoms with Crippen LogP contribution in [-0.2, 0) is 4.74 Å². The molecule has 112 valence electrons. The molecule has 1 aromatic carbocycles. The van der Waals surface area contributed by atoms with Gasteiger partial charge in [0.2, 0.25) is 0 Å². The second-order valence-electron chi connectivity index (χ2n) is 4.58. The molecule has 0 unspecified atom stereocenters. The van der Waals surface area contributed by atoms with Gasteiger partial charge in [0.05, 0.1) is 11.6 Å². The van der Waals surface area contributed by atoms with Gasteiger partial charge in [-0.3, -0.25) is 4.40 Å². The molecule has 0 radical (unpaired) electrons. The molecule has 0 amide bonds. The summed E-state index contributed by atoms with van der Waals surface area (Å²) in [7, 11) is 0. The minimum Gasteiger partial charge on any atom is -0.461 e. The fraction of sp³-hybridized carbons (Fsp3) is 0.125. The summed E-state index contributed by atoms with van der Waals surface area (Å²) in [4.78, 5) is 16.9. The number of carbonyl (C=O) groups is 1. The molecular formula is C16H12Cl2N2O2. The molecule has 6 heteroatoms. The number of halogens is 2. The lowest BCUT2D eigenvalue weighted by atomic mass is 10.1. The summed E-state index contributed by atoms with van der Waals surface area (Å²) >= 11 is 12.3. The van der Waals surface area contributed by atoms with Gasteiger partial charge < -0.3 is 4.74 Å². The molecule has 0 fully saturated rings. The van der Waals surface area contributed by atoms with Crippen molar-refractivity contribution in [2.24, 2.45) is 0 Å². The molecule has 2 heterocycles. The van der Waals surface area contributed by atoms with Crippen molar-refractivity contribution in [3.05, 3.63) is 58.3 Å². The van der Waals surface area contributed by atoms with E-state index in [9.17, 15) is 4.79 Å². The molecular weight excluding hydrogens is 323 g/mol. The van der Waals surface area contributed by atoms with Crippen LogP contribution in [0.4, 0.5) is 0 Å². The molecule has 0 aliphatic rings. The number of benzene rings is 1. The third kappa shape index (κ3) is 2.56. The van der Waals surface area contributed by atoms with E-state index in [1.165, 1.54) is 0 Å². The van der Waals surface area contributed by atoms with Crippen molar-refractivity contribution in [2.45, 2.75) is 6.92 Å². The van der Waals surface area contributed by atoms with Crippen LogP contribution in [-0.4, -0.2) is 22.0 Å². The fourth-order valence-corrected chi connectivity index (χ4v) is 2.64. The zero-order valence-corrected chi connectivity index (χ0v) is 13.2. The minimum absolute atomic E-state index is 0.279. The third-order valence-corrected chi connectivity index (χ3v) is 3.75. The highest BCUT2D eigenvalue weighted by Crippen LogP contribution is 2.33. The van der Waals surface area contributed by atoms with E-state index >= 15 is 0 Å². The van der Waals surface area contributed by atoms with Crippen LogP contribution >= 0.6 is 23.2 Å². The van der Waals surface area contributed by atoms with E-state index in [-0.39, 0.29) is 6.61 Å². The van der Waals surface area contributed by atoms with Gasteiger partial charge in [-0.25, -0.2) is 9.78 Å². The fourth-order valence-electron chi connectivity index (χ4n) is 2.26. The summed E-state index contributed by atoms with van der Waals surface area (Å²) in [6, 6.07) is 10.5. The SMILES string of the molecule is CCOC(=O)c1c(-c2cc(Cl)ccc2Cl)nc2ccccn12. The molecule has 4 nitrogen and oxygen atoms in total. The lowest BCUT2D eigenvalue weighted by molar-refractivity contribution is 0.0519. The normalized spacial score (nSPS) is 10.9. The van der Waals surface area contributed by atoms with Crippen molar-refractivity contribution in [2.75, 3.05) is 6.61 Å². The second-order valence-corrected chi connectivity index (χ2v) is 5.43. The number of nitrogens with zero attached hydrogens (tertiary/aromatic N) is 2. The van der Waals surface area contributed by atoms with E-state index in [1.807, 2.05) is 18.2 Å². The van der Waals surface area contributed by atoms with Gasteiger partial charge in [-0.15, -0.1) is 0 Å². The third-order valence-electron chi connectivity index (χ3n) is 3.18. The highest BCUT2D eigenvalue weighted by atomic mass is 35.5. The highest BCUT2D eigenvalue weighted by Gasteiger charge is 2.23. The number of pyridine rings is 1. The van der Waals surface area contributed by atoms with E-state index in [4.69, 9.17) is 27.9 Å². The molecule has 3 aromatic rings. The number of rotatable bonds is 3. The van der Waals surface area contributed by atoms with Crippen LogP contribution in [0.5, 0.6) is 0 Å². The first kappa shape index (κ1) is 14.9. The average Bonchev–Trinajstić information content (AvgIpc) is 2.89. The molecule has 0 saturated carbocycles. The number of aromatic nitrogens is 2. The van der Waals surface area contributed by atoms with Crippen LogP contribution in [0.15, 0.2) is 42.6 Å². The molecule has 0 spiro atoms. The minimum atomic E-state index is -0.452. The molecule has 3 rings (SSSR count). The van der Waals surface area contributed by atoms with Gasteiger partial charge in [0.25, 0.3) is 0 Å². The summed E-state index contributed by atoms with van der Waals surface area (Å²) < 4.78 is 6.84. The smallest absolute Gasteiger partial charge is 0.357 e. The topological polar surface area (TPSA) is 43.6 Å². The van der Waals surface area contributed by atoms with Crippen LogP contribution < -0.4 is 0 Å². The van der Waals surface area contributed by atoms with Crippen LogP contribution in [0.2, 0.25) is 10.0 Å². The molecule has 2 aromatic heterocycles. The lowest BCUT2D eigenvalue weighted by Crippen LogP contribution is -2.09. The van der Waals surface area contributed by atoms with Gasteiger partial charge in [-0.05, 0) is 37.3 Å². The van der Waals surface area contributed by atoms with Gasteiger partial charge in [0, 0.05) is 16.8 Å². The number of hydrogen-bond acceptors (Lipinski definition) is 3. The Morgan fingerprint density at radius 2 is 2.09 bits per heavy atom. The van der Waals surface area contributed by atoms with Gasteiger partial charge in [-0.2, -0.15) is 0 Å². The van der Waals surface area contributed by atoms with E-state index in [0.717, 1.165) is 0 Å². The monoisotopic (exact) mass is 334 g/mol. The summed E-state index contributed by atoms with van der Waals surface area (Å²) in [5.41, 5.74) is 2.02. The maximum Gasteiger partial charge on any atom is 0.357 e. The molecule has 22 heavy (non-hydrogen) atoms. The van der Waals surface area contributed by atoms with Crippen molar-refractivity contribution in [3.8, 4) is 11.3 Å². The van der Waals surface area contributed by atoms with Gasteiger partial charge in [0.1, 0.15) is 11.3 Å². The van der Waals surface area contributed by atoms with Gasteiger partial charge in [-0.1, -0.05) is 29.3 Å². The summed E-state index contributed by atoms with van der Waals surface area (Å²) in [6.07, 6.45) is 1.76. The molecule has 0 N–H and O–H groups in total. The van der Waals surface area contributed by atoms with Crippen molar-refractivity contribution in [3.63, 3.8) is 0 Å². The Balaban J connectivity index is 2.31. The standard InChI is InChI=1S/C16H12Cl2N2O2/c1-2-22-16(21)15-14(11-9-10(17)6-7-12(11)18)19-13-5-3-4-8-20(13)15/h3-9H,2H2,1H3. The van der Waals surface area contributed by atoms with Crippen LogP contribution in [0.3, 0.4) is 0 Å². The molecule has 0 saturated heterocycles. The van der Waals surface area contributed by atoms with Crippen molar-refractivity contribution < 1.29 is 9.53 Å². The number of carbonyl (C=O) groups excluding carboxylic acids is 1. The first-order valence-corrected chi connectivity index (χ1v) is 7.47. The lowest BCUT2D eigenvalue weighted by Gasteiger charge is -2.06. The van der Waals surface area contributed by atoms with Crippen molar-refractivity contribution in [1.82, 2.24) is 9.38 Å². The summed E-state index contributed by atoms with van der Waals surface area (Å²) in [5, 5.41) is 0.990. The second kappa shape index (κ2) is 5.99. The Kier molecular flexibility index (Phi) is 4.05. The van der Waals surface area contributed by atoms with E-state index in [0.29, 0.717) is 32.6 Å². The van der Waals surface area contributed by atoms with Crippen molar-refractivity contribution in [1.29, 1.82) is 0 Å². The predicted octanol–water partition coefficient (Wildman–Crippen LogP) is 4.48. The largest absolute Gasteiger partial charge is 0.461 e. The number of esters is 1. The molecule has 0 aliphatic carbocycles. The maximum atomic E-state index is 12.4. The Morgan fingerprint density at radius 1 is 1.27 bits per heavy atom. The first-order valence-electron chi connectivity index (χ1n) is 6.71. The Hall–Kier alpha value is -2.04. The zero-order valence-electron chi connectivity index (χ0n) is 11.7. The van der Waals surface area contributed by atoms with Crippen molar-refractivity contribution >= 4 is 34.8 Å².